The lowest BCUT2D eigenvalue weighted by atomic mass is 10.2. The van der Waals surface area contributed by atoms with Crippen LogP contribution < -0.4 is 5.32 Å². The quantitative estimate of drug-likeness (QED) is 0.711. The van der Waals surface area contributed by atoms with Gasteiger partial charge in [-0.2, -0.15) is 0 Å². The maximum absolute atomic E-state index is 4.60. The van der Waals surface area contributed by atoms with E-state index in [-0.39, 0.29) is 0 Å². The molecule has 0 bridgehead atoms. The third kappa shape index (κ3) is 2.37. The molecule has 5 heteroatoms. The van der Waals surface area contributed by atoms with Crippen LogP contribution in [-0.2, 0) is 0 Å². The van der Waals surface area contributed by atoms with E-state index in [2.05, 4.69) is 48.9 Å². The highest BCUT2D eigenvalue weighted by molar-refractivity contribution is 14.1. The highest BCUT2D eigenvalue weighted by Crippen LogP contribution is 2.25. The number of hydrogen-bond acceptors (Lipinski definition) is 4. The Morgan fingerprint density at radius 3 is 2.79 bits per heavy atom. The van der Waals surface area contributed by atoms with E-state index >= 15 is 0 Å². The van der Waals surface area contributed by atoms with Crippen LogP contribution in [0.15, 0.2) is 42.7 Å². The highest BCUT2D eigenvalue weighted by atomic mass is 127. The molecule has 19 heavy (non-hydrogen) atoms. The van der Waals surface area contributed by atoms with Gasteiger partial charge in [0.1, 0.15) is 5.82 Å². The number of halogens is 1. The SMILES string of the molecule is CNc1nc(-c2cccnc2)nc2ccc(I)cc12. The molecule has 2 aromatic heterocycles. The van der Waals surface area contributed by atoms with Crippen molar-refractivity contribution in [1.82, 2.24) is 15.0 Å². The fraction of sp³-hybridized carbons (Fsp3) is 0.0714. The molecule has 3 aromatic rings. The Hall–Kier alpha value is -1.76. The largest absolute Gasteiger partial charge is 0.373 e. The van der Waals surface area contributed by atoms with Gasteiger partial charge in [0.25, 0.3) is 0 Å². The molecule has 3 rings (SSSR count). The monoisotopic (exact) mass is 362 g/mol. The summed E-state index contributed by atoms with van der Waals surface area (Å²) in [5, 5.41) is 4.16. The molecule has 0 saturated heterocycles. The highest BCUT2D eigenvalue weighted by Gasteiger charge is 2.08. The molecule has 0 amide bonds. The Morgan fingerprint density at radius 2 is 2.05 bits per heavy atom. The van der Waals surface area contributed by atoms with Crippen LogP contribution >= 0.6 is 22.6 Å². The fourth-order valence-corrected chi connectivity index (χ4v) is 2.41. The Balaban J connectivity index is 2.26. The lowest BCUT2D eigenvalue weighted by Crippen LogP contribution is -1.99. The minimum absolute atomic E-state index is 0.686. The number of aromatic nitrogens is 3. The first kappa shape index (κ1) is 12.3. The van der Waals surface area contributed by atoms with Gasteiger partial charge < -0.3 is 5.32 Å². The van der Waals surface area contributed by atoms with Gasteiger partial charge in [-0.25, -0.2) is 9.97 Å². The number of pyridine rings is 1. The molecule has 0 aliphatic carbocycles. The molecule has 1 N–H and O–H groups in total. The van der Waals surface area contributed by atoms with Crippen LogP contribution in [0.25, 0.3) is 22.3 Å². The minimum atomic E-state index is 0.686. The number of benzene rings is 1. The van der Waals surface area contributed by atoms with Crippen molar-refractivity contribution < 1.29 is 0 Å². The molecule has 0 aliphatic rings. The topological polar surface area (TPSA) is 50.7 Å². The third-order valence-corrected chi connectivity index (χ3v) is 3.49. The predicted molar refractivity (Wildman–Crippen MR) is 85.0 cm³/mol. The summed E-state index contributed by atoms with van der Waals surface area (Å²) < 4.78 is 1.17. The average molecular weight is 362 g/mol. The number of rotatable bonds is 2. The zero-order valence-corrected chi connectivity index (χ0v) is 12.4. The van der Waals surface area contributed by atoms with Crippen LogP contribution in [0.4, 0.5) is 5.82 Å². The Bertz CT molecular complexity index is 728. The first-order valence-electron chi connectivity index (χ1n) is 5.83. The van der Waals surface area contributed by atoms with E-state index in [1.807, 2.05) is 31.3 Å². The van der Waals surface area contributed by atoms with E-state index < -0.39 is 0 Å². The normalized spacial score (nSPS) is 10.6. The molecule has 0 atom stereocenters. The van der Waals surface area contributed by atoms with E-state index in [4.69, 9.17) is 0 Å². The fourth-order valence-electron chi connectivity index (χ4n) is 1.92. The number of fused-ring (bicyclic) bond motifs is 1. The molecule has 4 nitrogen and oxygen atoms in total. The van der Waals surface area contributed by atoms with Gasteiger partial charge in [0, 0.05) is 34.0 Å². The smallest absolute Gasteiger partial charge is 0.163 e. The Morgan fingerprint density at radius 1 is 1.16 bits per heavy atom. The van der Waals surface area contributed by atoms with Gasteiger partial charge in [0.05, 0.1) is 5.52 Å². The molecule has 0 radical (unpaired) electrons. The van der Waals surface area contributed by atoms with Gasteiger partial charge in [-0.1, -0.05) is 0 Å². The molecule has 1 aromatic carbocycles. The van der Waals surface area contributed by atoms with Gasteiger partial charge in [-0.05, 0) is 52.9 Å². The van der Waals surface area contributed by atoms with Gasteiger partial charge in [0.2, 0.25) is 0 Å². The average Bonchev–Trinajstić information content (AvgIpc) is 2.47. The predicted octanol–water partition coefficient (Wildman–Crippen LogP) is 3.34. The maximum Gasteiger partial charge on any atom is 0.163 e. The first-order chi connectivity index (χ1) is 9.28. The van der Waals surface area contributed by atoms with Crippen molar-refractivity contribution in [2.24, 2.45) is 0 Å². The van der Waals surface area contributed by atoms with Crippen molar-refractivity contribution in [3.05, 3.63) is 46.3 Å². The van der Waals surface area contributed by atoms with E-state index in [0.29, 0.717) is 5.82 Å². The second-order valence-corrected chi connectivity index (χ2v) is 5.29. The van der Waals surface area contributed by atoms with E-state index in [9.17, 15) is 0 Å². The zero-order valence-electron chi connectivity index (χ0n) is 10.3. The molecular formula is C14H11IN4. The Kier molecular flexibility index (Phi) is 3.29. The molecular weight excluding hydrogens is 351 g/mol. The molecule has 94 valence electrons. The third-order valence-electron chi connectivity index (χ3n) is 2.81. The number of hydrogen-bond donors (Lipinski definition) is 1. The van der Waals surface area contributed by atoms with E-state index in [0.717, 1.165) is 22.3 Å². The standard InChI is InChI=1S/C14H11IN4/c1-16-14-11-7-10(15)4-5-12(11)18-13(19-14)9-3-2-6-17-8-9/h2-8H,1H3,(H,16,18,19). The molecule has 0 saturated carbocycles. The first-order valence-corrected chi connectivity index (χ1v) is 6.91. The van der Waals surface area contributed by atoms with Crippen molar-refractivity contribution in [2.75, 3.05) is 12.4 Å². The van der Waals surface area contributed by atoms with Crippen molar-refractivity contribution in [3.63, 3.8) is 0 Å². The summed E-state index contributed by atoms with van der Waals surface area (Å²) in [6.07, 6.45) is 3.51. The lowest BCUT2D eigenvalue weighted by molar-refractivity contribution is 1.20. The number of anilines is 1. The van der Waals surface area contributed by atoms with Gasteiger partial charge in [-0.15, -0.1) is 0 Å². The van der Waals surface area contributed by atoms with Crippen LogP contribution in [0, 0.1) is 3.57 Å². The minimum Gasteiger partial charge on any atom is -0.373 e. The summed E-state index contributed by atoms with van der Waals surface area (Å²) in [6, 6.07) is 9.98. The molecule has 0 aliphatic heterocycles. The van der Waals surface area contributed by atoms with Crippen LogP contribution in [-0.4, -0.2) is 22.0 Å². The summed E-state index contributed by atoms with van der Waals surface area (Å²) in [6.45, 7) is 0. The van der Waals surface area contributed by atoms with Gasteiger partial charge >= 0.3 is 0 Å². The van der Waals surface area contributed by atoms with Crippen molar-refractivity contribution in [2.45, 2.75) is 0 Å². The second-order valence-electron chi connectivity index (χ2n) is 4.05. The summed E-state index contributed by atoms with van der Waals surface area (Å²) in [7, 11) is 1.87. The maximum atomic E-state index is 4.60. The zero-order chi connectivity index (χ0) is 13.2. The molecule has 0 unspecified atom stereocenters. The number of nitrogens with one attached hydrogen (secondary N) is 1. The molecule has 0 spiro atoms. The van der Waals surface area contributed by atoms with Gasteiger partial charge in [-0.3, -0.25) is 4.98 Å². The van der Waals surface area contributed by atoms with Crippen LogP contribution in [0.1, 0.15) is 0 Å². The second kappa shape index (κ2) is 5.08. The lowest BCUT2D eigenvalue weighted by Gasteiger charge is -2.08. The summed E-state index contributed by atoms with van der Waals surface area (Å²) >= 11 is 2.29. The van der Waals surface area contributed by atoms with E-state index in [1.165, 1.54) is 3.57 Å². The van der Waals surface area contributed by atoms with Crippen molar-refractivity contribution in [3.8, 4) is 11.4 Å². The molecule has 0 fully saturated rings. The van der Waals surface area contributed by atoms with Crippen LogP contribution in [0.2, 0.25) is 0 Å². The van der Waals surface area contributed by atoms with Crippen LogP contribution in [0.5, 0.6) is 0 Å². The summed E-state index contributed by atoms with van der Waals surface area (Å²) in [4.78, 5) is 13.3. The van der Waals surface area contributed by atoms with Crippen LogP contribution in [0.3, 0.4) is 0 Å². The Labute approximate surface area is 124 Å². The number of nitrogens with zero attached hydrogens (tertiary/aromatic N) is 3. The summed E-state index contributed by atoms with van der Waals surface area (Å²) in [5.74, 6) is 1.52. The van der Waals surface area contributed by atoms with Gasteiger partial charge in [0.15, 0.2) is 5.82 Å². The van der Waals surface area contributed by atoms with Crippen molar-refractivity contribution in [1.29, 1.82) is 0 Å². The van der Waals surface area contributed by atoms with Crippen molar-refractivity contribution >= 4 is 39.3 Å². The van der Waals surface area contributed by atoms with E-state index in [1.54, 1.807) is 12.4 Å². The summed E-state index contributed by atoms with van der Waals surface area (Å²) in [5.41, 5.74) is 1.85. The molecule has 2 heterocycles.